The molecule has 2 aliphatic rings. The fraction of sp³-hybridized carbons (Fsp3) is 0.750. The Bertz CT molecular complexity index is 382. The highest BCUT2D eigenvalue weighted by molar-refractivity contribution is 7.11. The Balaban J connectivity index is 0.00000108. The van der Waals surface area contributed by atoms with Gasteiger partial charge in [-0.3, -0.25) is 4.90 Å². The van der Waals surface area contributed by atoms with E-state index in [-0.39, 0.29) is 12.4 Å². The molecule has 3 rings (SSSR count). The first-order valence-electron chi connectivity index (χ1n) is 6.11. The maximum Gasteiger partial charge on any atom is 0.0897 e. The van der Waals surface area contributed by atoms with Crippen LogP contribution in [-0.4, -0.2) is 29.0 Å². The molecule has 1 saturated carbocycles. The lowest BCUT2D eigenvalue weighted by Gasteiger charge is -2.17. The lowest BCUT2D eigenvalue weighted by atomic mass is 9.98. The van der Waals surface area contributed by atoms with E-state index in [0.29, 0.717) is 6.04 Å². The normalized spacial score (nSPS) is 32.5. The van der Waals surface area contributed by atoms with Crippen molar-refractivity contribution in [3.63, 3.8) is 0 Å². The monoisotopic (exact) mass is 273 g/mol. The number of hydrogen-bond donors (Lipinski definition) is 1. The van der Waals surface area contributed by atoms with Gasteiger partial charge in [0.05, 0.1) is 5.01 Å². The molecule has 3 unspecified atom stereocenters. The summed E-state index contributed by atoms with van der Waals surface area (Å²) in [6.45, 7) is 5.59. The first-order valence-corrected chi connectivity index (χ1v) is 6.93. The van der Waals surface area contributed by atoms with Gasteiger partial charge in [-0.2, -0.15) is 0 Å². The molecule has 0 spiro atoms. The number of hydrogen-bond acceptors (Lipinski definition) is 4. The summed E-state index contributed by atoms with van der Waals surface area (Å²) in [6.07, 6.45) is 4.60. The van der Waals surface area contributed by atoms with Gasteiger partial charge in [0.25, 0.3) is 0 Å². The molecule has 5 heteroatoms. The van der Waals surface area contributed by atoms with Gasteiger partial charge in [0.1, 0.15) is 0 Å². The molecular formula is C12H20ClN3S. The minimum atomic E-state index is 0. The van der Waals surface area contributed by atoms with Gasteiger partial charge < -0.3 is 5.73 Å². The Morgan fingerprint density at radius 3 is 2.94 bits per heavy atom. The number of nitrogens with zero attached hydrogens (tertiary/aromatic N) is 2. The second-order valence-electron chi connectivity index (χ2n) is 5.20. The van der Waals surface area contributed by atoms with E-state index in [4.69, 9.17) is 5.73 Å². The van der Waals surface area contributed by atoms with E-state index in [1.807, 2.05) is 17.5 Å². The van der Waals surface area contributed by atoms with Gasteiger partial charge >= 0.3 is 0 Å². The molecule has 2 N–H and O–H groups in total. The van der Waals surface area contributed by atoms with E-state index in [2.05, 4.69) is 16.8 Å². The summed E-state index contributed by atoms with van der Waals surface area (Å²) >= 11 is 1.82. The fourth-order valence-electron chi connectivity index (χ4n) is 3.23. The molecule has 1 aromatic heterocycles. The topological polar surface area (TPSA) is 42.2 Å². The highest BCUT2D eigenvalue weighted by Crippen LogP contribution is 2.37. The standard InChI is InChI=1S/C12H19N3S.ClH/c1-8-14-4-10(16-8)6-15-5-9-2-3-12(13)11(9)7-15;/h4,9,11-12H,2-3,5-7,13H2,1H3;1H. The molecule has 0 radical (unpaired) electrons. The molecule has 0 bridgehead atoms. The van der Waals surface area contributed by atoms with Gasteiger partial charge in [-0.1, -0.05) is 0 Å². The lowest BCUT2D eigenvalue weighted by Crippen LogP contribution is -2.30. The van der Waals surface area contributed by atoms with Crippen LogP contribution in [0, 0.1) is 18.8 Å². The SMILES string of the molecule is Cc1ncc(CN2CC3CCC(N)C3C2)s1.Cl. The number of rotatable bonds is 2. The van der Waals surface area contributed by atoms with Gasteiger partial charge in [-0.15, -0.1) is 23.7 Å². The van der Waals surface area contributed by atoms with Crippen LogP contribution in [0.1, 0.15) is 22.7 Å². The summed E-state index contributed by atoms with van der Waals surface area (Å²) in [5.41, 5.74) is 6.14. The molecule has 3 nitrogen and oxygen atoms in total. The van der Waals surface area contributed by atoms with Gasteiger partial charge in [0.2, 0.25) is 0 Å². The highest BCUT2D eigenvalue weighted by Gasteiger charge is 2.40. The zero-order valence-electron chi connectivity index (χ0n) is 10.1. The molecule has 3 atom stereocenters. The second-order valence-corrected chi connectivity index (χ2v) is 6.52. The number of aryl methyl sites for hydroxylation is 1. The maximum atomic E-state index is 6.14. The minimum Gasteiger partial charge on any atom is -0.327 e. The largest absolute Gasteiger partial charge is 0.327 e. The van der Waals surface area contributed by atoms with Gasteiger partial charge in [-0.25, -0.2) is 4.98 Å². The number of aromatic nitrogens is 1. The van der Waals surface area contributed by atoms with Crippen molar-refractivity contribution in [2.24, 2.45) is 17.6 Å². The molecule has 0 aromatic carbocycles. The zero-order chi connectivity index (χ0) is 11.1. The van der Waals surface area contributed by atoms with E-state index in [9.17, 15) is 0 Å². The summed E-state index contributed by atoms with van der Waals surface area (Å²) in [6, 6.07) is 0.457. The lowest BCUT2D eigenvalue weighted by molar-refractivity contribution is 0.300. The molecule has 2 fully saturated rings. The summed E-state index contributed by atoms with van der Waals surface area (Å²) in [5.74, 6) is 1.62. The van der Waals surface area contributed by atoms with E-state index >= 15 is 0 Å². The van der Waals surface area contributed by atoms with E-state index in [1.54, 1.807) is 0 Å². The Morgan fingerprint density at radius 2 is 2.29 bits per heavy atom. The summed E-state index contributed by atoms with van der Waals surface area (Å²) in [4.78, 5) is 8.26. The highest BCUT2D eigenvalue weighted by atomic mass is 35.5. The van der Waals surface area contributed by atoms with Crippen molar-refractivity contribution < 1.29 is 0 Å². The fourth-order valence-corrected chi connectivity index (χ4v) is 4.07. The van der Waals surface area contributed by atoms with Gasteiger partial charge in [0, 0.05) is 36.8 Å². The molecule has 1 saturated heterocycles. The van der Waals surface area contributed by atoms with Gasteiger partial charge in [0.15, 0.2) is 0 Å². The van der Waals surface area contributed by atoms with Crippen LogP contribution in [0.4, 0.5) is 0 Å². The van der Waals surface area contributed by atoms with Crippen LogP contribution in [0.15, 0.2) is 6.20 Å². The number of likely N-dealkylation sites (tertiary alicyclic amines) is 1. The quantitative estimate of drug-likeness (QED) is 0.897. The number of nitrogens with two attached hydrogens (primary N) is 1. The maximum absolute atomic E-state index is 6.14. The third kappa shape index (κ3) is 2.65. The number of halogens is 1. The van der Waals surface area contributed by atoms with Crippen molar-refractivity contribution in [2.75, 3.05) is 13.1 Å². The molecule has 1 aromatic rings. The van der Waals surface area contributed by atoms with Crippen LogP contribution in [-0.2, 0) is 6.54 Å². The van der Waals surface area contributed by atoms with Crippen molar-refractivity contribution in [3.05, 3.63) is 16.1 Å². The Labute approximate surface area is 113 Å². The minimum absolute atomic E-state index is 0. The summed E-state index contributed by atoms with van der Waals surface area (Å²) in [7, 11) is 0. The van der Waals surface area contributed by atoms with Crippen LogP contribution < -0.4 is 5.73 Å². The molecule has 1 aliphatic heterocycles. The molecule has 0 amide bonds. The van der Waals surface area contributed by atoms with Crippen molar-refractivity contribution in [2.45, 2.75) is 32.4 Å². The molecule has 1 aliphatic carbocycles. The number of fused-ring (bicyclic) bond motifs is 1. The van der Waals surface area contributed by atoms with E-state index in [1.165, 1.54) is 35.8 Å². The van der Waals surface area contributed by atoms with Gasteiger partial charge in [-0.05, 0) is 31.6 Å². The first kappa shape index (κ1) is 13.3. The zero-order valence-corrected chi connectivity index (χ0v) is 11.8. The molecule has 2 heterocycles. The average Bonchev–Trinajstić information content (AvgIpc) is 2.88. The smallest absolute Gasteiger partial charge is 0.0897 e. The van der Waals surface area contributed by atoms with E-state index < -0.39 is 0 Å². The third-order valence-corrected chi connectivity index (χ3v) is 4.93. The number of thiazole rings is 1. The summed E-state index contributed by atoms with van der Waals surface area (Å²) < 4.78 is 0. The molecule has 17 heavy (non-hydrogen) atoms. The van der Waals surface area contributed by atoms with Crippen LogP contribution in [0.3, 0.4) is 0 Å². The van der Waals surface area contributed by atoms with Crippen molar-refractivity contribution >= 4 is 23.7 Å². The van der Waals surface area contributed by atoms with Crippen molar-refractivity contribution in [1.82, 2.24) is 9.88 Å². The Kier molecular flexibility index (Phi) is 4.08. The second kappa shape index (κ2) is 5.22. The molecular weight excluding hydrogens is 254 g/mol. The van der Waals surface area contributed by atoms with Crippen LogP contribution >= 0.6 is 23.7 Å². The van der Waals surface area contributed by atoms with E-state index in [0.717, 1.165) is 18.4 Å². The van der Waals surface area contributed by atoms with Crippen molar-refractivity contribution in [1.29, 1.82) is 0 Å². The van der Waals surface area contributed by atoms with Crippen LogP contribution in [0.5, 0.6) is 0 Å². The Morgan fingerprint density at radius 1 is 1.47 bits per heavy atom. The van der Waals surface area contributed by atoms with Crippen LogP contribution in [0.25, 0.3) is 0 Å². The predicted octanol–water partition coefficient (Wildman–Crippen LogP) is 2.04. The third-order valence-electron chi connectivity index (χ3n) is 4.04. The van der Waals surface area contributed by atoms with Crippen LogP contribution in [0.2, 0.25) is 0 Å². The summed E-state index contributed by atoms with van der Waals surface area (Å²) in [5, 5.41) is 1.17. The first-order chi connectivity index (χ1) is 7.72. The average molecular weight is 274 g/mol. The predicted molar refractivity (Wildman–Crippen MR) is 73.6 cm³/mol. The van der Waals surface area contributed by atoms with Crippen molar-refractivity contribution in [3.8, 4) is 0 Å². The Hall–Kier alpha value is -0.160. The molecule has 96 valence electrons.